The second-order valence-electron chi connectivity index (χ2n) is 3.87. The van der Waals surface area contributed by atoms with Crippen LogP contribution in [0, 0.1) is 0 Å². The number of benzene rings is 1. The molecule has 0 bridgehead atoms. The summed E-state index contributed by atoms with van der Waals surface area (Å²) in [7, 11) is 0. The molecule has 0 spiro atoms. The summed E-state index contributed by atoms with van der Waals surface area (Å²) in [5.41, 5.74) is 3.58. The van der Waals surface area contributed by atoms with Crippen molar-refractivity contribution in [2.45, 2.75) is 6.92 Å². The minimum Gasteiger partial charge on any atom is -0.444 e. The maximum atomic E-state index is 11.8. The summed E-state index contributed by atoms with van der Waals surface area (Å²) in [5.74, 6) is -0.293. The molecule has 20 heavy (non-hydrogen) atoms. The fourth-order valence-electron chi connectivity index (χ4n) is 1.46. The van der Waals surface area contributed by atoms with Crippen LogP contribution < -0.4 is 5.43 Å². The monoisotopic (exact) mass is 374 g/mol. The predicted octanol–water partition coefficient (Wildman–Crippen LogP) is 4.50. The van der Waals surface area contributed by atoms with Crippen LogP contribution in [0.1, 0.15) is 23.0 Å². The van der Waals surface area contributed by atoms with Crippen LogP contribution >= 0.6 is 39.1 Å². The van der Waals surface area contributed by atoms with E-state index in [9.17, 15) is 4.79 Å². The Labute approximate surface area is 133 Å². The second kappa shape index (κ2) is 6.43. The minimum absolute atomic E-state index is 0.158. The van der Waals surface area contributed by atoms with E-state index >= 15 is 0 Å². The molecule has 0 atom stereocenters. The summed E-state index contributed by atoms with van der Waals surface area (Å²) < 4.78 is 5.59. The number of amides is 1. The molecule has 1 aromatic heterocycles. The van der Waals surface area contributed by atoms with Crippen molar-refractivity contribution in [2.24, 2.45) is 5.10 Å². The molecule has 1 N–H and O–H groups in total. The number of rotatable bonds is 3. The Balaban J connectivity index is 2.15. The van der Waals surface area contributed by atoms with Gasteiger partial charge in [-0.15, -0.1) is 0 Å². The number of carbonyl (C=O) groups is 1. The molecule has 0 saturated heterocycles. The summed E-state index contributed by atoms with van der Waals surface area (Å²) in [5, 5.41) is 5.03. The highest BCUT2D eigenvalue weighted by molar-refractivity contribution is 9.10. The summed E-state index contributed by atoms with van der Waals surface area (Å²) in [6, 6.07) is 8.19. The average molecular weight is 376 g/mol. The van der Waals surface area contributed by atoms with E-state index in [0.29, 0.717) is 26.0 Å². The molecule has 104 valence electrons. The molecule has 4 nitrogen and oxygen atoms in total. The van der Waals surface area contributed by atoms with Crippen molar-refractivity contribution in [2.75, 3.05) is 0 Å². The molecule has 0 aliphatic carbocycles. The van der Waals surface area contributed by atoms with Crippen molar-refractivity contribution < 1.29 is 9.21 Å². The van der Waals surface area contributed by atoms with Crippen LogP contribution in [0.5, 0.6) is 0 Å². The van der Waals surface area contributed by atoms with Gasteiger partial charge in [0.05, 0.1) is 5.71 Å². The van der Waals surface area contributed by atoms with Gasteiger partial charge in [-0.25, -0.2) is 5.43 Å². The second-order valence-corrected chi connectivity index (χ2v) is 5.49. The van der Waals surface area contributed by atoms with Crippen molar-refractivity contribution in [1.82, 2.24) is 5.43 Å². The fourth-order valence-corrected chi connectivity index (χ4v) is 2.19. The highest BCUT2D eigenvalue weighted by atomic mass is 79.9. The van der Waals surface area contributed by atoms with Gasteiger partial charge in [0, 0.05) is 15.6 Å². The average Bonchev–Trinajstić information content (AvgIpc) is 2.85. The number of nitrogens with one attached hydrogen (secondary N) is 1. The zero-order chi connectivity index (χ0) is 14.7. The molecule has 1 amide bonds. The highest BCUT2D eigenvalue weighted by Crippen LogP contribution is 2.21. The summed E-state index contributed by atoms with van der Waals surface area (Å²) in [6.45, 7) is 1.72. The van der Waals surface area contributed by atoms with Gasteiger partial charge in [0.1, 0.15) is 0 Å². The lowest BCUT2D eigenvalue weighted by Gasteiger charge is -2.04. The standard InChI is InChI=1S/C13H9BrCl2N2O2/c1-7(9-6-8(15)2-3-10(9)16)17-18-13(19)11-4-5-12(14)20-11/h2-6H,1H3,(H,18,19). The quantitative estimate of drug-likeness (QED) is 0.634. The topological polar surface area (TPSA) is 54.6 Å². The maximum Gasteiger partial charge on any atom is 0.307 e. The molecule has 0 unspecified atom stereocenters. The van der Waals surface area contributed by atoms with Gasteiger partial charge in [-0.05, 0) is 53.2 Å². The lowest BCUT2D eigenvalue weighted by atomic mass is 10.1. The van der Waals surface area contributed by atoms with Crippen LogP contribution in [0.4, 0.5) is 0 Å². The Hall–Kier alpha value is -1.30. The Kier molecular flexibility index (Phi) is 4.86. The molecule has 1 aromatic carbocycles. The van der Waals surface area contributed by atoms with E-state index in [1.54, 1.807) is 31.2 Å². The lowest BCUT2D eigenvalue weighted by Crippen LogP contribution is -2.18. The molecule has 0 aliphatic heterocycles. The molecule has 2 aromatic rings. The molecule has 2 rings (SSSR count). The predicted molar refractivity (Wildman–Crippen MR) is 82.5 cm³/mol. The van der Waals surface area contributed by atoms with Crippen molar-refractivity contribution in [3.63, 3.8) is 0 Å². The third-order valence-electron chi connectivity index (χ3n) is 2.44. The van der Waals surface area contributed by atoms with Gasteiger partial charge in [0.15, 0.2) is 10.4 Å². The maximum absolute atomic E-state index is 11.8. The van der Waals surface area contributed by atoms with Gasteiger partial charge in [0.25, 0.3) is 0 Å². The van der Waals surface area contributed by atoms with Gasteiger partial charge in [-0.2, -0.15) is 5.10 Å². The molecular formula is C13H9BrCl2N2O2. The first-order valence-corrected chi connectivity index (χ1v) is 7.07. The molecule has 0 radical (unpaired) electrons. The molecule has 7 heteroatoms. The Morgan fingerprint density at radius 1 is 1.30 bits per heavy atom. The lowest BCUT2D eigenvalue weighted by molar-refractivity contribution is 0.0926. The number of hydrogen-bond donors (Lipinski definition) is 1. The zero-order valence-corrected chi connectivity index (χ0v) is 13.4. The van der Waals surface area contributed by atoms with Gasteiger partial charge < -0.3 is 4.42 Å². The molecule has 1 heterocycles. The smallest absolute Gasteiger partial charge is 0.307 e. The van der Waals surface area contributed by atoms with Crippen molar-refractivity contribution in [1.29, 1.82) is 0 Å². The number of halogens is 3. The van der Waals surface area contributed by atoms with Crippen molar-refractivity contribution in [3.8, 4) is 0 Å². The normalized spacial score (nSPS) is 11.5. The Morgan fingerprint density at radius 3 is 2.70 bits per heavy atom. The van der Waals surface area contributed by atoms with Crippen LogP contribution in [-0.2, 0) is 0 Å². The fraction of sp³-hybridized carbons (Fsp3) is 0.0769. The van der Waals surface area contributed by atoms with E-state index in [4.69, 9.17) is 27.6 Å². The van der Waals surface area contributed by atoms with Gasteiger partial charge >= 0.3 is 5.91 Å². The van der Waals surface area contributed by atoms with E-state index in [1.165, 1.54) is 6.07 Å². The Morgan fingerprint density at radius 2 is 2.05 bits per heavy atom. The summed E-state index contributed by atoms with van der Waals surface area (Å²) >= 11 is 15.1. The molecule has 0 saturated carbocycles. The van der Waals surface area contributed by atoms with Crippen LogP contribution in [0.3, 0.4) is 0 Å². The number of hydrazone groups is 1. The van der Waals surface area contributed by atoms with E-state index < -0.39 is 5.91 Å². The molecular weight excluding hydrogens is 367 g/mol. The van der Waals surface area contributed by atoms with Crippen molar-refractivity contribution >= 4 is 50.8 Å². The number of carbonyl (C=O) groups excluding carboxylic acids is 1. The van der Waals surface area contributed by atoms with E-state index in [-0.39, 0.29) is 5.76 Å². The largest absolute Gasteiger partial charge is 0.444 e. The third-order valence-corrected chi connectivity index (χ3v) is 3.43. The summed E-state index contributed by atoms with van der Waals surface area (Å²) in [4.78, 5) is 11.8. The van der Waals surface area contributed by atoms with E-state index in [2.05, 4.69) is 26.5 Å². The van der Waals surface area contributed by atoms with Gasteiger partial charge in [-0.1, -0.05) is 23.2 Å². The first-order valence-electron chi connectivity index (χ1n) is 5.53. The van der Waals surface area contributed by atoms with E-state index in [0.717, 1.165) is 0 Å². The summed E-state index contributed by atoms with van der Waals surface area (Å²) in [6.07, 6.45) is 0. The van der Waals surface area contributed by atoms with Crippen LogP contribution in [0.15, 0.2) is 44.5 Å². The minimum atomic E-state index is -0.451. The van der Waals surface area contributed by atoms with Crippen LogP contribution in [0.25, 0.3) is 0 Å². The van der Waals surface area contributed by atoms with Crippen LogP contribution in [-0.4, -0.2) is 11.6 Å². The van der Waals surface area contributed by atoms with Gasteiger partial charge in [-0.3, -0.25) is 4.79 Å². The zero-order valence-electron chi connectivity index (χ0n) is 10.3. The molecule has 0 aliphatic rings. The number of furan rings is 1. The number of nitrogens with zero attached hydrogens (tertiary/aromatic N) is 1. The highest BCUT2D eigenvalue weighted by Gasteiger charge is 2.10. The van der Waals surface area contributed by atoms with Crippen LogP contribution in [0.2, 0.25) is 10.0 Å². The first kappa shape index (κ1) is 15.1. The first-order chi connectivity index (χ1) is 9.47. The SMILES string of the molecule is CC(=NNC(=O)c1ccc(Br)o1)c1cc(Cl)ccc1Cl. The number of hydrogen-bond acceptors (Lipinski definition) is 3. The third kappa shape index (κ3) is 3.62. The Bertz CT molecular complexity index is 683. The van der Waals surface area contributed by atoms with Gasteiger partial charge in [0.2, 0.25) is 0 Å². The molecule has 0 fully saturated rings. The van der Waals surface area contributed by atoms with E-state index in [1.807, 2.05) is 0 Å². The van der Waals surface area contributed by atoms with Crippen molar-refractivity contribution in [3.05, 3.63) is 56.4 Å².